The first-order valence-electron chi connectivity index (χ1n) is 10.1. The van der Waals surface area contributed by atoms with E-state index in [1.165, 1.54) is 11.8 Å². The highest BCUT2D eigenvalue weighted by atomic mass is 35.5. The van der Waals surface area contributed by atoms with Gasteiger partial charge in [-0.15, -0.1) is 10.2 Å². The lowest BCUT2D eigenvalue weighted by molar-refractivity contribution is -0.113. The maximum Gasteiger partial charge on any atom is 0.350 e. The summed E-state index contributed by atoms with van der Waals surface area (Å²) in [6, 6.07) is 5.45. The van der Waals surface area contributed by atoms with Crippen molar-refractivity contribution in [2.45, 2.75) is 39.0 Å². The van der Waals surface area contributed by atoms with Crippen molar-refractivity contribution in [3.05, 3.63) is 45.2 Å². The number of thioether (sulfide) groups is 1. The van der Waals surface area contributed by atoms with Crippen molar-refractivity contribution in [3.63, 3.8) is 0 Å². The molecule has 33 heavy (non-hydrogen) atoms. The quantitative estimate of drug-likeness (QED) is 0.329. The van der Waals surface area contributed by atoms with E-state index in [2.05, 4.69) is 20.5 Å². The average molecular weight is 510 g/mol. The van der Waals surface area contributed by atoms with Crippen LogP contribution in [-0.4, -0.2) is 44.0 Å². The highest BCUT2D eigenvalue weighted by molar-refractivity contribution is 7.99. The number of esters is 1. The smallest absolute Gasteiger partial charge is 0.350 e. The number of carbonyl (C=O) groups is 2. The second-order valence-electron chi connectivity index (χ2n) is 7.06. The fourth-order valence-corrected chi connectivity index (χ4v) is 4.59. The lowest BCUT2D eigenvalue weighted by atomic mass is 10.2. The van der Waals surface area contributed by atoms with Gasteiger partial charge >= 0.3 is 5.97 Å². The van der Waals surface area contributed by atoms with Crippen LogP contribution in [0.15, 0.2) is 23.4 Å². The fourth-order valence-electron chi connectivity index (χ4n) is 2.87. The third kappa shape index (κ3) is 6.24. The number of amides is 1. The maximum absolute atomic E-state index is 12.4. The van der Waals surface area contributed by atoms with Gasteiger partial charge in [-0.2, -0.15) is 0 Å². The number of benzene rings is 1. The first kappa shape index (κ1) is 25.0. The number of ether oxygens (including phenoxy) is 2. The molecule has 1 atom stereocenters. The molecule has 0 spiro atoms. The van der Waals surface area contributed by atoms with Gasteiger partial charge in [0, 0.05) is 12.1 Å². The van der Waals surface area contributed by atoms with E-state index < -0.39 is 5.97 Å². The number of hydrogen-bond acceptors (Lipinski definition) is 9. The minimum absolute atomic E-state index is 0.102. The summed E-state index contributed by atoms with van der Waals surface area (Å²) in [6.07, 6.45) is -0.356. The van der Waals surface area contributed by atoms with Crippen molar-refractivity contribution in [1.82, 2.24) is 19.7 Å². The Kier molecular flexibility index (Phi) is 8.33. The van der Waals surface area contributed by atoms with Crippen LogP contribution < -0.4 is 10.1 Å². The van der Waals surface area contributed by atoms with Crippen LogP contribution in [0.3, 0.4) is 0 Å². The van der Waals surface area contributed by atoms with Crippen molar-refractivity contribution in [2.24, 2.45) is 7.05 Å². The van der Waals surface area contributed by atoms with Crippen molar-refractivity contribution in [3.8, 4) is 5.75 Å². The van der Waals surface area contributed by atoms with Crippen molar-refractivity contribution in [2.75, 3.05) is 17.7 Å². The monoisotopic (exact) mass is 509 g/mol. The summed E-state index contributed by atoms with van der Waals surface area (Å²) in [4.78, 5) is 28.9. The Hall–Kier alpha value is -2.63. The Morgan fingerprint density at radius 2 is 2.06 bits per heavy atom. The Balaban J connectivity index is 1.58. The molecule has 0 aliphatic rings. The largest absolute Gasteiger partial charge is 0.483 e. The molecule has 2 heterocycles. The van der Waals surface area contributed by atoms with Crippen LogP contribution >= 0.6 is 34.7 Å². The van der Waals surface area contributed by atoms with Gasteiger partial charge in [0.1, 0.15) is 10.6 Å². The van der Waals surface area contributed by atoms with E-state index in [1.807, 2.05) is 27.0 Å². The summed E-state index contributed by atoms with van der Waals surface area (Å²) in [7, 11) is 1.82. The molecular weight excluding hydrogens is 486 g/mol. The van der Waals surface area contributed by atoms with Crippen molar-refractivity contribution >= 4 is 51.7 Å². The number of carbonyl (C=O) groups excluding carboxylic acids is 2. The van der Waals surface area contributed by atoms with Gasteiger partial charge < -0.3 is 19.4 Å². The molecule has 12 heteroatoms. The number of aryl methyl sites for hydroxylation is 2. The molecule has 9 nitrogen and oxygen atoms in total. The molecule has 0 radical (unpaired) electrons. The zero-order valence-corrected chi connectivity index (χ0v) is 21.2. The topological polar surface area (TPSA) is 108 Å². The van der Waals surface area contributed by atoms with Crippen LogP contribution in [0.2, 0.25) is 5.02 Å². The molecule has 0 aliphatic heterocycles. The van der Waals surface area contributed by atoms with E-state index in [0.29, 0.717) is 37.5 Å². The van der Waals surface area contributed by atoms with Gasteiger partial charge in [-0.05, 0) is 51.5 Å². The molecule has 1 N–H and O–H groups in total. The van der Waals surface area contributed by atoms with Crippen LogP contribution in [0.5, 0.6) is 5.75 Å². The van der Waals surface area contributed by atoms with Gasteiger partial charge in [0.15, 0.2) is 22.2 Å². The molecule has 3 aromatic rings. The predicted octanol–water partition coefficient (Wildman–Crippen LogP) is 4.59. The molecule has 3 rings (SSSR count). The van der Waals surface area contributed by atoms with Gasteiger partial charge in [0.25, 0.3) is 0 Å². The number of hydrogen-bond donors (Lipinski definition) is 1. The fraction of sp³-hybridized carbons (Fsp3) is 0.381. The summed E-state index contributed by atoms with van der Waals surface area (Å²) in [5.74, 6) is 0.695. The van der Waals surface area contributed by atoms with Crippen LogP contribution in [0.4, 0.5) is 5.13 Å². The van der Waals surface area contributed by atoms with Gasteiger partial charge in [0.2, 0.25) is 5.91 Å². The number of thiazole rings is 1. The zero-order valence-electron chi connectivity index (χ0n) is 18.8. The molecule has 1 unspecified atom stereocenters. The Bertz CT molecular complexity index is 1160. The van der Waals surface area contributed by atoms with E-state index in [1.54, 1.807) is 30.5 Å². The molecule has 0 saturated carbocycles. The van der Waals surface area contributed by atoms with E-state index in [4.69, 9.17) is 21.1 Å². The van der Waals surface area contributed by atoms with Crippen molar-refractivity contribution < 1.29 is 19.1 Å². The number of nitrogens with zero attached hydrogens (tertiary/aromatic N) is 4. The highest BCUT2D eigenvalue weighted by Gasteiger charge is 2.20. The predicted molar refractivity (Wildman–Crippen MR) is 128 cm³/mol. The summed E-state index contributed by atoms with van der Waals surface area (Å²) >= 11 is 8.39. The van der Waals surface area contributed by atoms with E-state index in [9.17, 15) is 9.59 Å². The number of nitrogens with one attached hydrogen (secondary N) is 1. The maximum atomic E-state index is 12.4. The molecule has 2 aromatic heterocycles. The lowest BCUT2D eigenvalue weighted by Crippen LogP contribution is -2.14. The van der Waals surface area contributed by atoms with Crippen molar-refractivity contribution in [1.29, 1.82) is 0 Å². The highest BCUT2D eigenvalue weighted by Crippen LogP contribution is 2.27. The van der Waals surface area contributed by atoms with E-state index in [0.717, 1.165) is 16.9 Å². The molecule has 1 aromatic carbocycles. The minimum atomic E-state index is -0.445. The van der Waals surface area contributed by atoms with Crippen LogP contribution in [0.25, 0.3) is 0 Å². The molecule has 176 valence electrons. The van der Waals surface area contributed by atoms with Gasteiger partial charge in [0.05, 0.1) is 18.1 Å². The number of rotatable bonds is 9. The van der Waals surface area contributed by atoms with Crippen LogP contribution in [0, 0.1) is 13.8 Å². The summed E-state index contributed by atoms with van der Waals surface area (Å²) in [5, 5.41) is 12.7. The summed E-state index contributed by atoms with van der Waals surface area (Å²) < 4.78 is 12.8. The standard InChI is InChI=1S/C21H24ClN5O4S2/c1-6-30-19(29)17-12(3)23-20(33-17)24-16(28)10-32-21-26-25-18(27(21)5)13(4)31-14-7-8-15(22)11(2)9-14/h7-9,13H,6,10H2,1-5H3,(H,23,24,28). The molecular formula is C21H24ClN5O4S2. The Labute approximate surface area is 204 Å². The Morgan fingerprint density at radius 3 is 2.76 bits per heavy atom. The molecule has 0 fully saturated rings. The summed E-state index contributed by atoms with van der Waals surface area (Å²) in [5.41, 5.74) is 1.44. The molecule has 1 amide bonds. The Morgan fingerprint density at radius 1 is 1.30 bits per heavy atom. The number of anilines is 1. The SMILES string of the molecule is CCOC(=O)c1sc(NC(=O)CSc2nnc(C(C)Oc3ccc(Cl)c(C)c3)n2C)nc1C. The average Bonchev–Trinajstić information content (AvgIpc) is 3.31. The third-order valence-corrected chi connectivity index (χ3v) is 7.01. The zero-order chi connectivity index (χ0) is 24.1. The van der Waals surface area contributed by atoms with Crippen LogP contribution in [0.1, 0.15) is 46.7 Å². The second kappa shape index (κ2) is 11.0. The summed E-state index contributed by atoms with van der Waals surface area (Å²) in [6.45, 7) is 7.49. The normalized spacial score (nSPS) is 11.8. The first-order valence-corrected chi connectivity index (χ1v) is 12.3. The third-order valence-electron chi connectivity index (χ3n) is 4.51. The van der Waals surface area contributed by atoms with Crippen LogP contribution in [-0.2, 0) is 16.6 Å². The molecule has 0 bridgehead atoms. The van der Waals surface area contributed by atoms with Gasteiger partial charge in [-0.25, -0.2) is 9.78 Å². The number of halogens is 1. The first-order chi connectivity index (χ1) is 15.7. The number of aromatic nitrogens is 4. The minimum Gasteiger partial charge on any atom is -0.483 e. The lowest BCUT2D eigenvalue weighted by Gasteiger charge is -2.15. The molecule has 0 aliphatic carbocycles. The second-order valence-corrected chi connectivity index (χ2v) is 9.41. The van der Waals surface area contributed by atoms with E-state index >= 15 is 0 Å². The van der Waals surface area contributed by atoms with Gasteiger partial charge in [-0.3, -0.25) is 4.79 Å². The molecule has 0 saturated heterocycles. The van der Waals surface area contributed by atoms with Gasteiger partial charge in [-0.1, -0.05) is 34.7 Å². The van der Waals surface area contributed by atoms with E-state index in [-0.39, 0.29) is 24.4 Å².